The van der Waals surface area contributed by atoms with Crippen LogP contribution in [0.3, 0.4) is 0 Å². The van der Waals surface area contributed by atoms with Gasteiger partial charge in [-0.25, -0.2) is 0 Å². The second kappa shape index (κ2) is 7.88. The van der Waals surface area contributed by atoms with E-state index >= 15 is 0 Å². The molecule has 0 radical (unpaired) electrons. The van der Waals surface area contributed by atoms with Gasteiger partial charge in [0.05, 0.1) is 12.8 Å². The molecular weight excluding hydrogens is 248 g/mol. The number of rotatable bonds is 8. The second-order valence-electron chi connectivity index (χ2n) is 4.98. The minimum atomic E-state index is 0.862. The number of hydrogen-bond donors (Lipinski definition) is 1. The zero-order valence-electron chi connectivity index (χ0n) is 12.4. The fourth-order valence-electron chi connectivity index (χ4n) is 2.27. The maximum Gasteiger partial charge on any atom is 0.117 e. The van der Waals surface area contributed by atoms with E-state index in [0.29, 0.717) is 0 Å². The van der Waals surface area contributed by atoms with Crippen molar-refractivity contribution in [1.29, 1.82) is 0 Å². The highest BCUT2D eigenvalue weighted by Crippen LogP contribution is 2.12. The van der Waals surface area contributed by atoms with E-state index in [2.05, 4.69) is 48.3 Å². The molecule has 2 rings (SSSR count). The van der Waals surface area contributed by atoms with Crippen molar-refractivity contribution in [3.05, 3.63) is 59.5 Å². The number of benzene rings is 1. The van der Waals surface area contributed by atoms with Crippen LogP contribution in [-0.4, -0.2) is 18.0 Å². The Kier molecular flexibility index (Phi) is 5.84. The van der Waals surface area contributed by atoms with Crippen LogP contribution in [0.15, 0.2) is 47.1 Å². The van der Waals surface area contributed by atoms with Gasteiger partial charge < -0.3 is 9.73 Å². The van der Waals surface area contributed by atoms with Crippen molar-refractivity contribution >= 4 is 0 Å². The van der Waals surface area contributed by atoms with Crippen molar-refractivity contribution in [2.24, 2.45) is 0 Å². The van der Waals surface area contributed by atoms with Gasteiger partial charge in [-0.3, -0.25) is 4.90 Å². The van der Waals surface area contributed by atoms with Crippen molar-refractivity contribution in [3.63, 3.8) is 0 Å². The van der Waals surface area contributed by atoms with Crippen molar-refractivity contribution < 1.29 is 4.42 Å². The highest BCUT2D eigenvalue weighted by molar-refractivity contribution is 5.23. The standard InChI is InChI=1S/C17H24N2O/c1-3-18-12-15-7-5-8-16(11-15)13-19(4-2)14-17-9-6-10-20-17/h5-11,18H,3-4,12-14H2,1-2H3. The maximum atomic E-state index is 5.43. The van der Waals surface area contributed by atoms with Gasteiger partial charge in [0.1, 0.15) is 5.76 Å². The van der Waals surface area contributed by atoms with E-state index in [1.54, 1.807) is 6.26 Å². The fraction of sp³-hybridized carbons (Fsp3) is 0.412. The summed E-state index contributed by atoms with van der Waals surface area (Å²) in [7, 11) is 0. The molecule has 108 valence electrons. The molecule has 0 fully saturated rings. The highest BCUT2D eigenvalue weighted by atomic mass is 16.3. The molecular formula is C17H24N2O. The van der Waals surface area contributed by atoms with E-state index in [1.165, 1.54) is 11.1 Å². The number of hydrogen-bond acceptors (Lipinski definition) is 3. The highest BCUT2D eigenvalue weighted by Gasteiger charge is 2.07. The predicted molar refractivity (Wildman–Crippen MR) is 82.3 cm³/mol. The molecule has 1 aromatic carbocycles. The first-order valence-electron chi connectivity index (χ1n) is 7.35. The fourth-order valence-corrected chi connectivity index (χ4v) is 2.27. The first kappa shape index (κ1) is 14.8. The molecule has 0 aliphatic carbocycles. The molecule has 2 aromatic rings. The van der Waals surface area contributed by atoms with Crippen molar-refractivity contribution in [3.8, 4) is 0 Å². The first-order chi connectivity index (χ1) is 9.81. The Morgan fingerprint density at radius 3 is 2.60 bits per heavy atom. The Bertz CT molecular complexity index is 493. The lowest BCUT2D eigenvalue weighted by Gasteiger charge is -2.19. The average molecular weight is 272 g/mol. The third-order valence-electron chi connectivity index (χ3n) is 3.38. The van der Waals surface area contributed by atoms with Crippen LogP contribution in [0.1, 0.15) is 30.7 Å². The van der Waals surface area contributed by atoms with Crippen LogP contribution in [0.2, 0.25) is 0 Å². The second-order valence-corrected chi connectivity index (χ2v) is 4.98. The van der Waals surface area contributed by atoms with E-state index in [0.717, 1.165) is 38.5 Å². The number of nitrogens with one attached hydrogen (secondary N) is 1. The Hall–Kier alpha value is -1.58. The van der Waals surface area contributed by atoms with Gasteiger partial charge >= 0.3 is 0 Å². The molecule has 1 heterocycles. The molecule has 0 bridgehead atoms. The van der Waals surface area contributed by atoms with Crippen molar-refractivity contribution in [2.45, 2.75) is 33.5 Å². The SMILES string of the molecule is CCNCc1cccc(CN(CC)Cc2ccco2)c1. The zero-order chi connectivity index (χ0) is 14.2. The van der Waals surface area contributed by atoms with Gasteiger partial charge in [-0.2, -0.15) is 0 Å². The molecule has 3 heteroatoms. The summed E-state index contributed by atoms with van der Waals surface area (Å²) >= 11 is 0. The van der Waals surface area contributed by atoms with Gasteiger partial charge in [-0.05, 0) is 36.3 Å². The summed E-state index contributed by atoms with van der Waals surface area (Å²) in [4.78, 5) is 2.38. The van der Waals surface area contributed by atoms with E-state index in [1.807, 2.05) is 12.1 Å². The van der Waals surface area contributed by atoms with Gasteiger partial charge in [0.25, 0.3) is 0 Å². The molecule has 0 atom stereocenters. The predicted octanol–water partition coefficient (Wildman–Crippen LogP) is 3.41. The Balaban J connectivity index is 1.96. The monoisotopic (exact) mass is 272 g/mol. The summed E-state index contributed by atoms with van der Waals surface area (Å²) < 4.78 is 5.43. The van der Waals surface area contributed by atoms with Crippen LogP contribution < -0.4 is 5.32 Å². The quantitative estimate of drug-likeness (QED) is 0.798. The molecule has 0 unspecified atom stereocenters. The maximum absolute atomic E-state index is 5.43. The summed E-state index contributed by atoms with van der Waals surface area (Å²) in [5.41, 5.74) is 2.70. The molecule has 0 saturated heterocycles. The molecule has 1 aromatic heterocycles. The molecule has 0 saturated carbocycles. The van der Waals surface area contributed by atoms with Crippen LogP contribution in [0, 0.1) is 0 Å². The van der Waals surface area contributed by atoms with E-state index in [9.17, 15) is 0 Å². The van der Waals surface area contributed by atoms with Crippen LogP contribution in [0.4, 0.5) is 0 Å². The third kappa shape index (κ3) is 4.51. The van der Waals surface area contributed by atoms with Gasteiger partial charge in [-0.1, -0.05) is 38.1 Å². The van der Waals surface area contributed by atoms with E-state index in [4.69, 9.17) is 4.42 Å². The summed E-state index contributed by atoms with van der Waals surface area (Å²) in [5, 5.41) is 3.37. The summed E-state index contributed by atoms with van der Waals surface area (Å²) in [6, 6.07) is 12.8. The number of nitrogens with zero attached hydrogens (tertiary/aromatic N) is 1. The lowest BCUT2D eigenvalue weighted by molar-refractivity contribution is 0.248. The van der Waals surface area contributed by atoms with Crippen molar-refractivity contribution in [1.82, 2.24) is 10.2 Å². The van der Waals surface area contributed by atoms with Crippen molar-refractivity contribution in [2.75, 3.05) is 13.1 Å². The third-order valence-corrected chi connectivity index (χ3v) is 3.38. The van der Waals surface area contributed by atoms with Gasteiger partial charge in [0, 0.05) is 13.1 Å². The summed E-state index contributed by atoms with van der Waals surface area (Å²) in [6.07, 6.45) is 1.74. The van der Waals surface area contributed by atoms with E-state index < -0.39 is 0 Å². The van der Waals surface area contributed by atoms with Crippen LogP contribution in [-0.2, 0) is 19.6 Å². The van der Waals surface area contributed by atoms with Gasteiger partial charge in [0.15, 0.2) is 0 Å². The Morgan fingerprint density at radius 2 is 1.90 bits per heavy atom. The Labute approximate surface area is 121 Å². The van der Waals surface area contributed by atoms with E-state index in [-0.39, 0.29) is 0 Å². The molecule has 3 nitrogen and oxygen atoms in total. The molecule has 20 heavy (non-hydrogen) atoms. The number of furan rings is 1. The Morgan fingerprint density at radius 1 is 1.05 bits per heavy atom. The lowest BCUT2D eigenvalue weighted by atomic mass is 10.1. The normalized spacial score (nSPS) is 11.2. The largest absolute Gasteiger partial charge is 0.468 e. The molecule has 0 spiro atoms. The first-order valence-corrected chi connectivity index (χ1v) is 7.35. The van der Waals surface area contributed by atoms with Crippen LogP contribution in [0.25, 0.3) is 0 Å². The van der Waals surface area contributed by atoms with Crippen LogP contribution >= 0.6 is 0 Å². The topological polar surface area (TPSA) is 28.4 Å². The molecule has 0 aliphatic rings. The minimum absolute atomic E-state index is 0.862. The zero-order valence-corrected chi connectivity index (χ0v) is 12.4. The van der Waals surface area contributed by atoms with Crippen LogP contribution in [0.5, 0.6) is 0 Å². The summed E-state index contributed by atoms with van der Waals surface area (Å²) in [6.45, 7) is 9.09. The van der Waals surface area contributed by atoms with Gasteiger partial charge in [0.2, 0.25) is 0 Å². The average Bonchev–Trinajstić information content (AvgIpc) is 2.98. The minimum Gasteiger partial charge on any atom is -0.468 e. The molecule has 0 aliphatic heterocycles. The molecule has 1 N–H and O–H groups in total. The van der Waals surface area contributed by atoms with Gasteiger partial charge in [-0.15, -0.1) is 0 Å². The smallest absolute Gasteiger partial charge is 0.117 e. The molecule has 0 amide bonds. The summed E-state index contributed by atoms with van der Waals surface area (Å²) in [5.74, 6) is 1.02. The lowest BCUT2D eigenvalue weighted by Crippen LogP contribution is -2.22.